The molecule has 1 rings (SSSR count). The predicted octanol–water partition coefficient (Wildman–Crippen LogP) is 2.92. The van der Waals surface area contributed by atoms with Crippen molar-refractivity contribution in [1.29, 1.82) is 0 Å². The highest BCUT2D eigenvalue weighted by Gasteiger charge is 1.99. The van der Waals surface area contributed by atoms with Crippen LogP contribution in [0.15, 0.2) is 28.2 Å². The van der Waals surface area contributed by atoms with Crippen molar-refractivity contribution >= 4 is 24.3 Å². The van der Waals surface area contributed by atoms with E-state index in [0.29, 0.717) is 0 Å². The highest BCUT2D eigenvalue weighted by Crippen LogP contribution is 2.26. The van der Waals surface area contributed by atoms with Crippen LogP contribution in [0.3, 0.4) is 0 Å². The van der Waals surface area contributed by atoms with E-state index in [1.165, 1.54) is 0 Å². The molecule has 0 aliphatic heterocycles. The molecule has 64 valence electrons. The molecule has 3 heteroatoms. The Balaban J connectivity index is 2.75. The van der Waals surface area contributed by atoms with Gasteiger partial charge in [-0.15, -0.1) is 11.8 Å². The molecule has 0 bridgehead atoms. The molecule has 0 radical (unpaired) electrons. The summed E-state index contributed by atoms with van der Waals surface area (Å²) in [5.41, 5.74) is 0. The molecular weight excluding hydrogens is 168 g/mol. The van der Waals surface area contributed by atoms with Crippen molar-refractivity contribution in [2.24, 2.45) is 4.99 Å². The van der Waals surface area contributed by atoms with E-state index in [2.05, 4.69) is 23.6 Å². The summed E-state index contributed by atoms with van der Waals surface area (Å²) in [5, 5.41) is 0. The normalized spacial score (nSPS) is 9.75. The molecule has 0 aliphatic rings. The quantitative estimate of drug-likeness (QED) is 0.526. The molecule has 0 fully saturated rings. The van der Waals surface area contributed by atoms with Crippen LogP contribution in [0.25, 0.3) is 0 Å². The van der Waals surface area contributed by atoms with Crippen LogP contribution in [0.5, 0.6) is 0 Å². The summed E-state index contributed by atoms with van der Waals surface area (Å²) in [7, 11) is 0. The van der Waals surface area contributed by atoms with Crippen LogP contribution in [0.4, 0.5) is 5.82 Å². The van der Waals surface area contributed by atoms with Gasteiger partial charge in [0, 0.05) is 6.20 Å². The summed E-state index contributed by atoms with van der Waals surface area (Å²) in [6, 6.07) is 3.95. The first kappa shape index (κ1) is 9.26. The van der Waals surface area contributed by atoms with E-state index in [4.69, 9.17) is 0 Å². The second-order valence-electron chi connectivity index (χ2n) is 2.33. The van der Waals surface area contributed by atoms with Crippen molar-refractivity contribution in [3.63, 3.8) is 0 Å². The zero-order valence-electron chi connectivity index (χ0n) is 7.16. The molecule has 2 nitrogen and oxygen atoms in total. The maximum Gasteiger partial charge on any atom is 0.165 e. The Labute approximate surface area is 77.1 Å². The lowest BCUT2D eigenvalue weighted by molar-refractivity contribution is 1.10. The van der Waals surface area contributed by atoms with Gasteiger partial charge in [0.15, 0.2) is 5.82 Å². The average Bonchev–Trinajstić information content (AvgIpc) is 2.15. The molecule has 0 aliphatic carbocycles. The third kappa shape index (κ3) is 2.34. The summed E-state index contributed by atoms with van der Waals surface area (Å²) in [5.74, 6) is 1.85. The SMILES string of the molecule is C=Nc1ncccc1SCCC. The molecule has 0 spiro atoms. The maximum atomic E-state index is 4.10. The molecule has 1 aromatic heterocycles. The van der Waals surface area contributed by atoms with E-state index in [1.807, 2.05) is 12.1 Å². The molecule has 0 aromatic carbocycles. The average molecular weight is 180 g/mol. The van der Waals surface area contributed by atoms with Crippen molar-refractivity contribution in [3.05, 3.63) is 18.3 Å². The molecule has 1 aromatic rings. The summed E-state index contributed by atoms with van der Waals surface area (Å²) in [4.78, 5) is 9.06. The number of pyridine rings is 1. The van der Waals surface area contributed by atoms with Crippen LogP contribution < -0.4 is 0 Å². The van der Waals surface area contributed by atoms with Gasteiger partial charge in [0.1, 0.15) is 0 Å². The van der Waals surface area contributed by atoms with Gasteiger partial charge in [0.2, 0.25) is 0 Å². The lowest BCUT2D eigenvalue weighted by Crippen LogP contribution is -1.79. The second-order valence-corrected chi connectivity index (χ2v) is 3.47. The Hall–Kier alpha value is -0.830. The highest BCUT2D eigenvalue weighted by molar-refractivity contribution is 7.99. The van der Waals surface area contributed by atoms with E-state index in [1.54, 1.807) is 18.0 Å². The van der Waals surface area contributed by atoms with Crippen molar-refractivity contribution in [2.45, 2.75) is 18.2 Å². The summed E-state index contributed by atoms with van der Waals surface area (Å²) >= 11 is 1.78. The first-order valence-corrected chi connectivity index (χ1v) is 4.91. The first-order chi connectivity index (χ1) is 5.88. The van der Waals surface area contributed by atoms with E-state index in [9.17, 15) is 0 Å². The van der Waals surface area contributed by atoms with Crippen molar-refractivity contribution in [2.75, 3.05) is 5.75 Å². The fraction of sp³-hybridized carbons (Fsp3) is 0.333. The van der Waals surface area contributed by atoms with Gasteiger partial charge in [-0.1, -0.05) is 6.92 Å². The lowest BCUT2D eigenvalue weighted by Gasteiger charge is -2.01. The molecule has 0 N–H and O–H groups in total. The topological polar surface area (TPSA) is 25.2 Å². The van der Waals surface area contributed by atoms with Gasteiger partial charge in [-0.05, 0) is 31.0 Å². The van der Waals surface area contributed by atoms with Crippen LogP contribution in [0.2, 0.25) is 0 Å². The molecule has 0 unspecified atom stereocenters. The number of nitrogens with zero attached hydrogens (tertiary/aromatic N) is 2. The van der Waals surface area contributed by atoms with Crippen LogP contribution in [-0.2, 0) is 0 Å². The third-order valence-corrected chi connectivity index (χ3v) is 2.60. The Morgan fingerprint density at radius 1 is 1.67 bits per heavy atom. The lowest BCUT2D eigenvalue weighted by atomic mass is 10.5. The van der Waals surface area contributed by atoms with Crippen LogP contribution in [-0.4, -0.2) is 17.5 Å². The fourth-order valence-corrected chi connectivity index (χ4v) is 1.67. The molecule has 0 atom stereocenters. The third-order valence-electron chi connectivity index (χ3n) is 1.36. The largest absolute Gasteiger partial charge is 0.244 e. The van der Waals surface area contributed by atoms with Crippen LogP contribution >= 0.6 is 11.8 Å². The minimum Gasteiger partial charge on any atom is -0.244 e. The minimum atomic E-state index is 0.746. The molecule has 1 heterocycles. The Kier molecular flexibility index (Phi) is 3.80. The van der Waals surface area contributed by atoms with Gasteiger partial charge in [-0.25, -0.2) is 9.98 Å². The standard InChI is InChI=1S/C9H12N2S/c1-3-7-12-8-5-4-6-11-9(8)10-2/h4-6H,2-3,7H2,1H3. The van der Waals surface area contributed by atoms with Gasteiger partial charge in [0.25, 0.3) is 0 Å². The molecular formula is C9H12N2S. The van der Waals surface area contributed by atoms with E-state index >= 15 is 0 Å². The number of rotatable bonds is 4. The number of aliphatic imine (C=N–C) groups is 1. The van der Waals surface area contributed by atoms with Crippen LogP contribution in [0, 0.1) is 0 Å². The van der Waals surface area contributed by atoms with Gasteiger partial charge in [-0.2, -0.15) is 0 Å². The molecule has 0 amide bonds. The number of thioether (sulfide) groups is 1. The fourth-order valence-electron chi connectivity index (χ4n) is 0.826. The summed E-state index contributed by atoms with van der Waals surface area (Å²) < 4.78 is 0. The molecule has 0 saturated carbocycles. The van der Waals surface area contributed by atoms with E-state index in [-0.39, 0.29) is 0 Å². The summed E-state index contributed by atoms with van der Waals surface area (Å²) in [6.45, 7) is 5.63. The second kappa shape index (κ2) is 4.93. The predicted molar refractivity (Wildman–Crippen MR) is 54.5 cm³/mol. The Morgan fingerprint density at radius 3 is 3.17 bits per heavy atom. The van der Waals surface area contributed by atoms with Gasteiger partial charge >= 0.3 is 0 Å². The van der Waals surface area contributed by atoms with Gasteiger partial charge in [0.05, 0.1) is 4.90 Å². The number of hydrogen-bond donors (Lipinski definition) is 0. The van der Waals surface area contributed by atoms with Crippen molar-refractivity contribution in [3.8, 4) is 0 Å². The monoisotopic (exact) mass is 180 g/mol. The zero-order valence-corrected chi connectivity index (χ0v) is 7.97. The van der Waals surface area contributed by atoms with Crippen LogP contribution in [0.1, 0.15) is 13.3 Å². The Bertz CT molecular complexity index is 260. The van der Waals surface area contributed by atoms with Crippen molar-refractivity contribution < 1.29 is 0 Å². The first-order valence-electron chi connectivity index (χ1n) is 3.93. The Morgan fingerprint density at radius 2 is 2.50 bits per heavy atom. The molecule has 0 saturated heterocycles. The summed E-state index contributed by atoms with van der Waals surface area (Å²) in [6.07, 6.45) is 2.90. The number of hydrogen-bond acceptors (Lipinski definition) is 3. The smallest absolute Gasteiger partial charge is 0.165 e. The highest BCUT2D eigenvalue weighted by atomic mass is 32.2. The molecule has 12 heavy (non-hydrogen) atoms. The van der Waals surface area contributed by atoms with Gasteiger partial charge < -0.3 is 0 Å². The zero-order chi connectivity index (χ0) is 8.81. The maximum absolute atomic E-state index is 4.10. The van der Waals surface area contributed by atoms with E-state index in [0.717, 1.165) is 22.9 Å². The van der Waals surface area contributed by atoms with E-state index < -0.39 is 0 Å². The minimum absolute atomic E-state index is 0.746. The van der Waals surface area contributed by atoms with Gasteiger partial charge in [-0.3, -0.25) is 0 Å². The van der Waals surface area contributed by atoms with Crippen molar-refractivity contribution in [1.82, 2.24) is 4.98 Å². The number of aromatic nitrogens is 1.